The minimum absolute atomic E-state index is 0.0937. The maximum absolute atomic E-state index is 11.6. The molecule has 108 valence electrons. The zero-order valence-electron chi connectivity index (χ0n) is 11.5. The average Bonchev–Trinajstić information content (AvgIpc) is 2.32. The summed E-state index contributed by atoms with van der Waals surface area (Å²) in [6.45, 7) is 7.49. The molecule has 0 radical (unpaired) electrons. The van der Waals surface area contributed by atoms with Crippen LogP contribution in [0.3, 0.4) is 0 Å². The Bertz CT molecular complexity index is 355. The van der Waals surface area contributed by atoms with Gasteiger partial charge in [-0.3, -0.25) is 0 Å². The first kappa shape index (κ1) is 17.2. The molecule has 0 aliphatic carbocycles. The molecule has 0 bridgehead atoms. The van der Waals surface area contributed by atoms with E-state index in [1.54, 1.807) is 0 Å². The Morgan fingerprint density at radius 1 is 1.39 bits per heavy atom. The van der Waals surface area contributed by atoms with Crippen LogP contribution in [0.5, 0.6) is 0 Å². The van der Waals surface area contributed by atoms with Crippen LogP contribution in [0.1, 0.15) is 27.2 Å². The molecule has 0 amide bonds. The Morgan fingerprint density at radius 3 is 2.44 bits per heavy atom. The maximum Gasteiger partial charge on any atom is 0.151 e. The monoisotopic (exact) mass is 279 g/mol. The molecule has 1 unspecified atom stereocenters. The molecule has 3 N–H and O–H groups in total. The van der Waals surface area contributed by atoms with Crippen LogP contribution in [-0.4, -0.2) is 55.5 Å². The van der Waals surface area contributed by atoms with Gasteiger partial charge in [-0.1, -0.05) is 25.9 Å². The highest BCUT2D eigenvalue weighted by atomic mass is 32.2. The molecular formula is C11H25N3O3S. The molecule has 0 saturated heterocycles. The highest BCUT2D eigenvalue weighted by Gasteiger charge is 2.16. The number of rotatable bonds is 9. The standard InChI is InChI=1S/C11H25N3O3S/c1-4-7-18(16,17)8-6-14(5-2)9-10(3)11(12)13-15/h10,15H,4-9H2,1-3H3,(H2,12,13). The summed E-state index contributed by atoms with van der Waals surface area (Å²) in [5.41, 5.74) is 5.50. The van der Waals surface area contributed by atoms with E-state index in [1.165, 1.54) is 0 Å². The molecule has 0 aromatic heterocycles. The van der Waals surface area contributed by atoms with Crippen molar-refractivity contribution >= 4 is 15.7 Å². The summed E-state index contributed by atoms with van der Waals surface area (Å²) in [5, 5.41) is 11.5. The molecule has 0 aliphatic rings. The lowest BCUT2D eigenvalue weighted by molar-refractivity contribution is 0.277. The third kappa shape index (κ3) is 6.80. The lowest BCUT2D eigenvalue weighted by atomic mass is 10.1. The summed E-state index contributed by atoms with van der Waals surface area (Å²) in [7, 11) is -2.95. The summed E-state index contributed by atoms with van der Waals surface area (Å²) >= 11 is 0. The van der Waals surface area contributed by atoms with Gasteiger partial charge in [0.2, 0.25) is 0 Å². The number of hydrogen-bond donors (Lipinski definition) is 2. The van der Waals surface area contributed by atoms with E-state index in [-0.39, 0.29) is 23.3 Å². The van der Waals surface area contributed by atoms with Crippen LogP contribution in [0, 0.1) is 5.92 Å². The fourth-order valence-corrected chi connectivity index (χ4v) is 3.00. The van der Waals surface area contributed by atoms with E-state index in [0.717, 1.165) is 6.54 Å². The highest BCUT2D eigenvalue weighted by Crippen LogP contribution is 2.02. The molecular weight excluding hydrogens is 254 g/mol. The molecule has 0 aliphatic heterocycles. The van der Waals surface area contributed by atoms with Crippen molar-refractivity contribution in [3.8, 4) is 0 Å². The van der Waals surface area contributed by atoms with Crippen LogP contribution < -0.4 is 5.73 Å². The van der Waals surface area contributed by atoms with E-state index in [4.69, 9.17) is 10.9 Å². The van der Waals surface area contributed by atoms with E-state index in [9.17, 15) is 8.42 Å². The van der Waals surface area contributed by atoms with Gasteiger partial charge < -0.3 is 15.8 Å². The van der Waals surface area contributed by atoms with Gasteiger partial charge in [0.1, 0.15) is 5.84 Å². The highest BCUT2D eigenvalue weighted by molar-refractivity contribution is 7.91. The fourth-order valence-electron chi connectivity index (χ4n) is 1.64. The van der Waals surface area contributed by atoms with Gasteiger partial charge in [0.25, 0.3) is 0 Å². The van der Waals surface area contributed by atoms with E-state index >= 15 is 0 Å². The lowest BCUT2D eigenvalue weighted by Gasteiger charge is -2.23. The van der Waals surface area contributed by atoms with Gasteiger partial charge in [-0.25, -0.2) is 8.42 Å². The van der Waals surface area contributed by atoms with Crippen LogP contribution in [0.4, 0.5) is 0 Å². The summed E-state index contributed by atoms with van der Waals surface area (Å²) in [6, 6.07) is 0. The number of amidine groups is 1. The predicted molar refractivity (Wildman–Crippen MR) is 73.6 cm³/mol. The first-order valence-electron chi connectivity index (χ1n) is 6.26. The Morgan fingerprint density at radius 2 is 2.00 bits per heavy atom. The van der Waals surface area contributed by atoms with Gasteiger partial charge in [-0.15, -0.1) is 0 Å². The molecule has 18 heavy (non-hydrogen) atoms. The normalized spacial score (nSPS) is 15.0. The van der Waals surface area contributed by atoms with Crippen molar-refractivity contribution in [1.82, 2.24) is 4.90 Å². The molecule has 7 heteroatoms. The van der Waals surface area contributed by atoms with E-state index in [2.05, 4.69) is 5.16 Å². The topological polar surface area (TPSA) is 96.0 Å². The number of sulfone groups is 1. The van der Waals surface area contributed by atoms with Gasteiger partial charge in [-0.05, 0) is 13.0 Å². The van der Waals surface area contributed by atoms with E-state index in [0.29, 0.717) is 19.5 Å². The Kier molecular flexibility index (Phi) is 7.93. The largest absolute Gasteiger partial charge is 0.409 e. The van der Waals surface area contributed by atoms with Gasteiger partial charge in [0, 0.05) is 24.8 Å². The predicted octanol–water partition coefficient (Wildman–Crippen LogP) is 0.516. The molecule has 0 rings (SSSR count). The number of nitrogens with two attached hydrogens (primary N) is 1. The minimum Gasteiger partial charge on any atom is -0.409 e. The fraction of sp³-hybridized carbons (Fsp3) is 0.909. The third-order valence-electron chi connectivity index (χ3n) is 2.83. The van der Waals surface area contributed by atoms with Gasteiger partial charge in [0.05, 0.1) is 5.75 Å². The van der Waals surface area contributed by atoms with E-state index < -0.39 is 9.84 Å². The molecule has 0 aromatic rings. The molecule has 1 atom stereocenters. The van der Waals surface area contributed by atoms with Crippen molar-refractivity contribution in [3.05, 3.63) is 0 Å². The van der Waals surface area contributed by atoms with Crippen molar-refractivity contribution in [1.29, 1.82) is 0 Å². The second-order valence-corrected chi connectivity index (χ2v) is 6.77. The second kappa shape index (κ2) is 8.31. The molecule has 0 saturated carbocycles. The van der Waals surface area contributed by atoms with Crippen LogP contribution in [-0.2, 0) is 9.84 Å². The van der Waals surface area contributed by atoms with Crippen molar-refractivity contribution in [3.63, 3.8) is 0 Å². The molecule has 6 nitrogen and oxygen atoms in total. The third-order valence-corrected chi connectivity index (χ3v) is 4.67. The first-order valence-corrected chi connectivity index (χ1v) is 8.08. The maximum atomic E-state index is 11.6. The minimum atomic E-state index is -2.95. The van der Waals surface area contributed by atoms with Crippen molar-refractivity contribution in [2.45, 2.75) is 27.2 Å². The lowest BCUT2D eigenvalue weighted by Crippen LogP contribution is -2.37. The number of nitrogens with zero attached hydrogens (tertiary/aromatic N) is 2. The number of hydrogen-bond acceptors (Lipinski definition) is 5. The Labute approximate surface area is 110 Å². The van der Waals surface area contributed by atoms with Crippen LogP contribution in [0.2, 0.25) is 0 Å². The van der Waals surface area contributed by atoms with Gasteiger partial charge in [0.15, 0.2) is 9.84 Å². The Balaban J connectivity index is 4.29. The zero-order chi connectivity index (χ0) is 14.2. The molecule has 0 fully saturated rings. The molecule has 0 aromatic carbocycles. The molecule has 0 heterocycles. The van der Waals surface area contributed by atoms with E-state index in [1.807, 2.05) is 25.7 Å². The summed E-state index contributed by atoms with van der Waals surface area (Å²) in [4.78, 5) is 2.00. The summed E-state index contributed by atoms with van der Waals surface area (Å²) in [6.07, 6.45) is 0.648. The van der Waals surface area contributed by atoms with Crippen LogP contribution >= 0.6 is 0 Å². The first-order chi connectivity index (χ1) is 8.36. The van der Waals surface area contributed by atoms with Crippen molar-refractivity contribution in [2.75, 3.05) is 31.1 Å². The zero-order valence-corrected chi connectivity index (χ0v) is 12.3. The van der Waals surface area contributed by atoms with Gasteiger partial charge in [-0.2, -0.15) is 0 Å². The van der Waals surface area contributed by atoms with Gasteiger partial charge >= 0.3 is 0 Å². The summed E-state index contributed by atoms with van der Waals surface area (Å²) in [5.74, 6) is 0.478. The van der Waals surface area contributed by atoms with Crippen LogP contribution in [0.15, 0.2) is 5.16 Å². The van der Waals surface area contributed by atoms with Crippen molar-refractivity contribution in [2.24, 2.45) is 16.8 Å². The Hall–Kier alpha value is -0.820. The smallest absolute Gasteiger partial charge is 0.151 e. The quantitative estimate of drug-likeness (QED) is 0.277. The second-order valence-electron chi connectivity index (χ2n) is 4.47. The molecule has 0 spiro atoms. The van der Waals surface area contributed by atoms with Crippen molar-refractivity contribution < 1.29 is 13.6 Å². The van der Waals surface area contributed by atoms with Crippen LogP contribution in [0.25, 0.3) is 0 Å². The average molecular weight is 279 g/mol. The summed E-state index contributed by atoms with van der Waals surface area (Å²) < 4.78 is 23.2. The SMILES string of the molecule is CCCS(=O)(=O)CCN(CC)CC(C)C(N)=NO. The number of oxime groups is 1.